The molecular weight excluding hydrogens is 132 g/mol. The fraction of sp³-hybridized carbons (Fsp3) is 0.333. The molecule has 1 aromatic heterocycles. The average Bonchev–Trinajstić information content (AvgIpc) is 1.90. The van der Waals surface area contributed by atoms with E-state index in [2.05, 4.69) is 22.6 Å². The maximum absolute atomic E-state index is 4.19. The summed E-state index contributed by atoms with van der Waals surface area (Å²) in [6, 6.07) is 0. The molecule has 0 amide bonds. The molecule has 0 saturated heterocycles. The molecule has 3 heteroatoms. The summed E-state index contributed by atoms with van der Waals surface area (Å²) in [5.41, 5.74) is 0.917. The Morgan fingerprint density at radius 3 is 2.67 bits per heavy atom. The van der Waals surface area contributed by atoms with Gasteiger partial charge in [-0.3, -0.25) is 9.97 Å². The van der Waals surface area contributed by atoms with Crippen molar-refractivity contribution in [1.82, 2.24) is 9.97 Å². The van der Waals surface area contributed by atoms with Crippen LogP contribution in [0.15, 0.2) is 18.6 Å². The van der Waals surface area contributed by atoms with Gasteiger partial charge in [0.1, 0.15) is 0 Å². The van der Waals surface area contributed by atoms with Crippen LogP contribution in [0.25, 0.3) is 0 Å². The minimum absolute atomic E-state index is 0.179. The summed E-state index contributed by atoms with van der Waals surface area (Å²) >= 11 is 4.19. The van der Waals surface area contributed by atoms with Gasteiger partial charge in [0.25, 0.3) is 0 Å². The van der Waals surface area contributed by atoms with Crippen LogP contribution in [-0.4, -0.2) is 9.97 Å². The first-order valence-electron chi connectivity index (χ1n) is 2.74. The van der Waals surface area contributed by atoms with Crippen molar-refractivity contribution in [2.45, 2.75) is 12.2 Å². The Bertz CT molecular complexity index is 174. The van der Waals surface area contributed by atoms with Crippen molar-refractivity contribution < 1.29 is 0 Å². The van der Waals surface area contributed by atoms with E-state index < -0.39 is 0 Å². The van der Waals surface area contributed by atoms with Crippen LogP contribution in [0.3, 0.4) is 0 Å². The van der Waals surface area contributed by atoms with Crippen LogP contribution in [0.4, 0.5) is 0 Å². The summed E-state index contributed by atoms with van der Waals surface area (Å²) in [6.45, 7) is 1.97. The maximum atomic E-state index is 4.19. The molecule has 0 aliphatic heterocycles. The highest BCUT2D eigenvalue weighted by Gasteiger charge is 1.97. The minimum Gasteiger partial charge on any atom is -0.261 e. The number of hydrogen-bond acceptors (Lipinski definition) is 3. The normalized spacial score (nSPS) is 13.1. The van der Waals surface area contributed by atoms with Crippen molar-refractivity contribution >= 4 is 12.6 Å². The van der Waals surface area contributed by atoms with Crippen molar-refractivity contribution in [2.24, 2.45) is 0 Å². The van der Waals surface area contributed by atoms with Gasteiger partial charge in [0.15, 0.2) is 0 Å². The third-order valence-electron chi connectivity index (χ3n) is 1.01. The standard InChI is InChI=1S/C6H8N2S/c1-5(9)6-4-7-2-3-8-6/h2-5,9H,1H3/t5-/m1/s1. The number of rotatable bonds is 1. The fourth-order valence-electron chi connectivity index (χ4n) is 0.526. The Labute approximate surface area is 59.8 Å². The van der Waals surface area contributed by atoms with Crippen LogP contribution in [0.5, 0.6) is 0 Å². The van der Waals surface area contributed by atoms with E-state index >= 15 is 0 Å². The zero-order chi connectivity index (χ0) is 6.69. The lowest BCUT2D eigenvalue weighted by Crippen LogP contribution is -1.88. The van der Waals surface area contributed by atoms with Gasteiger partial charge in [0, 0.05) is 23.8 Å². The lowest BCUT2D eigenvalue weighted by atomic mass is 10.3. The first-order valence-corrected chi connectivity index (χ1v) is 3.26. The highest BCUT2D eigenvalue weighted by atomic mass is 32.1. The number of thiol groups is 1. The molecule has 0 aromatic carbocycles. The molecule has 0 N–H and O–H groups in total. The quantitative estimate of drug-likeness (QED) is 0.598. The molecule has 1 heterocycles. The van der Waals surface area contributed by atoms with E-state index in [4.69, 9.17) is 0 Å². The van der Waals surface area contributed by atoms with Crippen LogP contribution in [0.1, 0.15) is 17.9 Å². The molecule has 0 aliphatic carbocycles. The second-order valence-corrected chi connectivity index (χ2v) is 2.58. The molecule has 1 atom stereocenters. The fourth-order valence-corrected chi connectivity index (χ4v) is 0.660. The zero-order valence-electron chi connectivity index (χ0n) is 5.15. The first-order chi connectivity index (χ1) is 4.30. The van der Waals surface area contributed by atoms with E-state index in [0.29, 0.717) is 0 Å². The average molecular weight is 140 g/mol. The molecular formula is C6H8N2S. The second-order valence-electron chi connectivity index (χ2n) is 1.81. The third kappa shape index (κ3) is 1.68. The molecule has 0 aliphatic rings. The van der Waals surface area contributed by atoms with Gasteiger partial charge in [-0.25, -0.2) is 0 Å². The van der Waals surface area contributed by atoms with Crippen molar-refractivity contribution in [3.05, 3.63) is 24.3 Å². The van der Waals surface area contributed by atoms with Crippen molar-refractivity contribution in [3.8, 4) is 0 Å². The zero-order valence-corrected chi connectivity index (χ0v) is 6.05. The Morgan fingerprint density at radius 2 is 2.33 bits per heavy atom. The molecule has 9 heavy (non-hydrogen) atoms. The number of aromatic nitrogens is 2. The Balaban J connectivity index is 2.85. The lowest BCUT2D eigenvalue weighted by molar-refractivity contribution is 0.983. The van der Waals surface area contributed by atoms with E-state index in [-0.39, 0.29) is 5.25 Å². The van der Waals surface area contributed by atoms with Gasteiger partial charge in [0.05, 0.1) is 5.69 Å². The summed E-state index contributed by atoms with van der Waals surface area (Å²) in [5.74, 6) is 0. The Morgan fingerprint density at radius 1 is 1.56 bits per heavy atom. The predicted octanol–water partition coefficient (Wildman–Crippen LogP) is 1.47. The first kappa shape index (κ1) is 6.55. The molecule has 0 saturated carbocycles. The minimum atomic E-state index is 0.179. The predicted molar refractivity (Wildman–Crippen MR) is 39.4 cm³/mol. The molecule has 0 spiro atoms. The van der Waals surface area contributed by atoms with E-state index in [1.54, 1.807) is 18.6 Å². The van der Waals surface area contributed by atoms with E-state index in [0.717, 1.165) is 5.69 Å². The molecule has 0 bridgehead atoms. The molecule has 1 rings (SSSR count). The summed E-state index contributed by atoms with van der Waals surface area (Å²) in [4.78, 5) is 7.93. The van der Waals surface area contributed by atoms with Gasteiger partial charge < -0.3 is 0 Å². The number of nitrogens with zero attached hydrogens (tertiary/aromatic N) is 2. The highest BCUT2D eigenvalue weighted by molar-refractivity contribution is 7.80. The van der Waals surface area contributed by atoms with E-state index in [9.17, 15) is 0 Å². The van der Waals surface area contributed by atoms with Crippen molar-refractivity contribution in [3.63, 3.8) is 0 Å². The second kappa shape index (κ2) is 2.82. The summed E-state index contributed by atoms with van der Waals surface area (Å²) < 4.78 is 0. The van der Waals surface area contributed by atoms with Crippen LogP contribution >= 0.6 is 12.6 Å². The molecule has 1 aromatic rings. The summed E-state index contributed by atoms with van der Waals surface area (Å²) in [7, 11) is 0. The molecule has 0 fully saturated rings. The van der Waals surface area contributed by atoms with Gasteiger partial charge in [-0.15, -0.1) is 0 Å². The van der Waals surface area contributed by atoms with Gasteiger partial charge in [-0.2, -0.15) is 12.6 Å². The third-order valence-corrected chi connectivity index (χ3v) is 1.28. The lowest BCUT2D eigenvalue weighted by Gasteiger charge is -1.98. The molecule has 2 nitrogen and oxygen atoms in total. The van der Waals surface area contributed by atoms with Gasteiger partial charge in [0.2, 0.25) is 0 Å². The monoisotopic (exact) mass is 140 g/mol. The Hall–Kier alpha value is -0.570. The highest BCUT2D eigenvalue weighted by Crippen LogP contribution is 2.13. The SMILES string of the molecule is C[C@@H](S)c1cnccn1. The number of hydrogen-bond donors (Lipinski definition) is 1. The van der Waals surface area contributed by atoms with E-state index in [1.165, 1.54) is 0 Å². The van der Waals surface area contributed by atoms with Crippen LogP contribution in [0, 0.1) is 0 Å². The van der Waals surface area contributed by atoms with Crippen LogP contribution < -0.4 is 0 Å². The largest absolute Gasteiger partial charge is 0.261 e. The topological polar surface area (TPSA) is 25.8 Å². The van der Waals surface area contributed by atoms with Crippen LogP contribution in [0.2, 0.25) is 0 Å². The van der Waals surface area contributed by atoms with Gasteiger partial charge in [-0.05, 0) is 6.92 Å². The Kier molecular flexibility index (Phi) is 2.05. The molecule has 0 radical (unpaired) electrons. The van der Waals surface area contributed by atoms with E-state index in [1.807, 2.05) is 6.92 Å². The summed E-state index contributed by atoms with van der Waals surface area (Å²) in [5, 5.41) is 0.179. The molecule has 48 valence electrons. The van der Waals surface area contributed by atoms with Gasteiger partial charge >= 0.3 is 0 Å². The smallest absolute Gasteiger partial charge is 0.0711 e. The van der Waals surface area contributed by atoms with Crippen molar-refractivity contribution in [2.75, 3.05) is 0 Å². The maximum Gasteiger partial charge on any atom is 0.0711 e. The summed E-state index contributed by atoms with van der Waals surface area (Å²) in [6.07, 6.45) is 5.04. The van der Waals surface area contributed by atoms with Crippen molar-refractivity contribution in [1.29, 1.82) is 0 Å². The van der Waals surface area contributed by atoms with Crippen LogP contribution in [-0.2, 0) is 0 Å². The van der Waals surface area contributed by atoms with Gasteiger partial charge in [-0.1, -0.05) is 0 Å². The molecule has 0 unspecified atom stereocenters.